The first-order valence-corrected chi connectivity index (χ1v) is 5.53. The van der Waals surface area contributed by atoms with Crippen molar-refractivity contribution in [1.29, 1.82) is 0 Å². The SMILES string of the molecule is CCNC(=O)CNC(=O)c1cccc(Cl)c1N. The van der Waals surface area contributed by atoms with Crippen LogP contribution in [0, 0.1) is 0 Å². The maximum Gasteiger partial charge on any atom is 0.253 e. The molecule has 0 unspecified atom stereocenters. The van der Waals surface area contributed by atoms with Crippen LogP contribution in [0.25, 0.3) is 0 Å². The van der Waals surface area contributed by atoms with E-state index >= 15 is 0 Å². The zero-order chi connectivity index (χ0) is 12.8. The molecule has 5 nitrogen and oxygen atoms in total. The fourth-order valence-corrected chi connectivity index (χ4v) is 1.43. The number of nitrogen functional groups attached to an aromatic ring is 1. The summed E-state index contributed by atoms with van der Waals surface area (Å²) in [6.07, 6.45) is 0. The average Bonchev–Trinajstić information content (AvgIpc) is 2.30. The van der Waals surface area contributed by atoms with Crippen LogP contribution in [0.3, 0.4) is 0 Å². The Morgan fingerprint density at radius 1 is 1.35 bits per heavy atom. The van der Waals surface area contributed by atoms with Crippen LogP contribution in [0.1, 0.15) is 17.3 Å². The van der Waals surface area contributed by atoms with Crippen LogP contribution < -0.4 is 16.4 Å². The van der Waals surface area contributed by atoms with E-state index in [-0.39, 0.29) is 23.7 Å². The fourth-order valence-electron chi connectivity index (χ4n) is 1.25. The molecular weight excluding hydrogens is 242 g/mol. The van der Waals surface area contributed by atoms with Crippen LogP contribution >= 0.6 is 11.6 Å². The maximum absolute atomic E-state index is 11.7. The van der Waals surface area contributed by atoms with Crippen molar-refractivity contribution in [1.82, 2.24) is 10.6 Å². The first-order valence-electron chi connectivity index (χ1n) is 5.15. The number of benzene rings is 1. The Labute approximate surface area is 104 Å². The highest BCUT2D eigenvalue weighted by atomic mass is 35.5. The lowest BCUT2D eigenvalue weighted by molar-refractivity contribution is -0.120. The van der Waals surface area contributed by atoms with Crippen LogP contribution in [-0.2, 0) is 4.79 Å². The van der Waals surface area contributed by atoms with Gasteiger partial charge in [0.25, 0.3) is 5.91 Å². The lowest BCUT2D eigenvalue weighted by atomic mass is 10.1. The minimum atomic E-state index is -0.420. The van der Waals surface area contributed by atoms with Gasteiger partial charge in [-0.25, -0.2) is 0 Å². The third-order valence-corrected chi connectivity index (χ3v) is 2.41. The molecule has 17 heavy (non-hydrogen) atoms. The number of likely N-dealkylation sites (N-methyl/N-ethyl adjacent to an activating group) is 1. The highest BCUT2D eigenvalue weighted by Crippen LogP contribution is 2.21. The molecule has 0 aliphatic rings. The van der Waals surface area contributed by atoms with Crippen molar-refractivity contribution < 1.29 is 9.59 Å². The number of amides is 2. The third kappa shape index (κ3) is 3.64. The topological polar surface area (TPSA) is 84.2 Å². The molecule has 0 atom stereocenters. The number of hydrogen-bond acceptors (Lipinski definition) is 3. The third-order valence-electron chi connectivity index (χ3n) is 2.08. The molecule has 2 amide bonds. The van der Waals surface area contributed by atoms with Gasteiger partial charge >= 0.3 is 0 Å². The molecule has 0 spiro atoms. The molecule has 4 N–H and O–H groups in total. The van der Waals surface area contributed by atoms with E-state index in [1.165, 1.54) is 0 Å². The van der Waals surface area contributed by atoms with E-state index in [9.17, 15) is 9.59 Å². The number of carbonyl (C=O) groups is 2. The van der Waals surface area contributed by atoms with Crippen molar-refractivity contribution in [3.63, 3.8) is 0 Å². The number of rotatable bonds is 4. The largest absolute Gasteiger partial charge is 0.397 e. The van der Waals surface area contributed by atoms with Crippen LogP contribution in [-0.4, -0.2) is 24.9 Å². The van der Waals surface area contributed by atoms with Gasteiger partial charge in [-0.2, -0.15) is 0 Å². The summed E-state index contributed by atoms with van der Waals surface area (Å²) in [5.74, 6) is -0.669. The van der Waals surface area contributed by atoms with Crippen molar-refractivity contribution in [3.8, 4) is 0 Å². The summed E-state index contributed by atoms with van der Waals surface area (Å²) in [6.45, 7) is 2.24. The van der Waals surface area contributed by atoms with E-state index < -0.39 is 5.91 Å². The van der Waals surface area contributed by atoms with E-state index in [4.69, 9.17) is 17.3 Å². The van der Waals surface area contributed by atoms with E-state index in [1.807, 2.05) is 0 Å². The molecule has 0 radical (unpaired) electrons. The molecule has 1 aromatic carbocycles. The lowest BCUT2D eigenvalue weighted by Gasteiger charge is -2.08. The van der Waals surface area contributed by atoms with Gasteiger partial charge in [-0.15, -0.1) is 0 Å². The Hall–Kier alpha value is -1.75. The van der Waals surface area contributed by atoms with Gasteiger partial charge in [0.2, 0.25) is 5.91 Å². The van der Waals surface area contributed by atoms with E-state index in [1.54, 1.807) is 25.1 Å². The van der Waals surface area contributed by atoms with Gasteiger partial charge in [0.15, 0.2) is 0 Å². The number of halogens is 1. The maximum atomic E-state index is 11.7. The predicted octanol–water partition coefficient (Wildman–Crippen LogP) is 0.788. The molecule has 0 heterocycles. The molecule has 92 valence electrons. The smallest absolute Gasteiger partial charge is 0.253 e. The number of nitrogens with two attached hydrogens (primary N) is 1. The monoisotopic (exact) mass is 255 g/mol. The summed E-state index contributed by atoms with van der Waals surface area (Å²) in [5.41, 5.74) is 6.13. The highest BCUT2D eigenvalue weighted by molar-refractivity contribution is 6.33. The predicted molar refractivity (Wildman–Crippen MR) is 66.9 cm³/mol. The lowest BCUT2D eigenvalue weighted by Crippen LogP contribution is -2.37. The normalized spacial score (nSPS) is 9.76. The fraction of sp³-hybridized carbons (Fsp3) is 0.273. The van der Waals surface area contributed by atoms with Gasteiger partial charge in [0.1, 0.15) is 0 Å². The van der Waals surface area contributed by atoms with Crippen molar-refractivity contribution in [3.05, 3.63) is 28.8 Å². The molecule has 0 saturated heterocycles. The Bertz CT molecular complexity index is 435. The molecule has 0 aliphatic heterocycles. The highest BCUT2D eigenvalue weighted by Gasteiger charge is 2.12. The molecule has 0 bridgehead atoms. The number of nitrogens with one attached hydrogen (secondary N) is 2. The first kappa shape index (κ1) is 13.3. The van der Waals surface area contributed by atoms with Crippen molar-refractivity contribution >= 4 is 29.1 Å². The van der Waals surface area contributed by atoms with E-state index in [0.717, 1.165) is 0 Å². The summed E-state index contributed by atoms with van der Waals surface area (Å²) in [7, 11) is 0. The second kappa shape index (κ2) is 6.10. The summed E-state index contributed by atoms with van der Waals surface area (Å²) < 4.78 is 0. The molecule has 0 aliphatic carbocycles. The van der Waals surface area contributed by atoms with Gasteiger partial charge < -0.3 is 16.4 Å². The minimum Gasteiger partial charge on any atom is -0.397 e. The molecular formula is C11H14ClN3O2. The van der Waals surface area contributed by atoms with Crippen molar-refractivity contribution in [2.75, 3.05) is 18.8 Å². The number of anilines is 1. The Balaban J connectivity index is 2.64. The second-order valence-electron chi connectivity index (χ2n) is 3.34. The van der Waals surface area contributed by atoms with Crippen molar-refractivity contribution in [2.24, 2.45) is 0 Å². The molecule has 6 heteroatoms. The Morgan fingerprint density at radius 2 is 2.06 bits per heavy atom. The molecule has 0 fully saturated rings. The van der Waals surface area contributed by atoms with E-state index in [0.29, 0.717) is 11.6 Å². The van der Waals surface area contributed by atoms with E-state index in [2.05, 4.69) is 10.6 Å². The average molecular weight is 256 g/mol. The van der Waals surface area contributed by atoms with Gasteiger partial charge in [-0.05, 0) is 19.1 Å². The van der Waals surface area contributed by atoms with Gasteiger partial charge in [0, 0.05) is 6.54 Å². The van der Waals surface area contributed by atoms with Crippen LogP contribution in [0.2, 0.25) is 5.02 Å². The Morgan fingerprint density at radius 3 is 2.71 bits per heavy atom. The molecule has 0 saturated carbocycles. The standard InChI is InChI=1S/C11H14ClN3O2/c1-2-14-9(16)6-15-11(17)7-4-3-5-8(12)10(7)13/h3-5H,2,6,13H2,1H3,(H,14,16)(H,15,17). The van der Waals surface area contributed by atoms with Gasteiger partial charge in [-0.3, -0.25) is 9.59 Å². The summed E-state index contributed by atoms with van der Waals surface area (Å²) in [5, 5.41) is 5.34. The molecule has 0 aromatic heterocycles. The van der Waals surface area contributed by atoms with Crippen LogP contribution in [0.5, 0.6) is 0 Å². The Kier molecular flexibility index (Phi) is 4.78. The zero-order valence-corrected chi connectivity index (χ0v) is 10.2. The number of hydrogen-bond donors (Lipinski definition) is 3. The van der Waals surface area contributed by atoms with Gasteiger partial charge in [-0.1, -0.05) is 17.7 Å². The van der Waals surface area contributed by atoms with Crippen LogP contribution in [0.4, 0.5) is 5.69 Å². The summed E-state index contributed by atoms with van der Waals surface area (Å²) >= 11 is 5.79. The number of carbonyl (C=O) groups excluding carboxylic acids is 2. The summed E-state index contributed by atoms with van der Waals surface area (Å²) in [6, 6.07) is 4.77. The molecule has 1 aromatic rings. The quantitative estimate of drug-likeness (QED) is 0.696. The molecule has 1 rings (SSSR count). The second-order valence-corrected chi connectivity index (χ2v) is 3.74. The zero-order valence-electron chi connectivity index (χ0n) is 9.42. The number of para-hydroxylation sites is 1. The van der Waals surface area contributed by atoms with Crippen molar-refractivity contribution in [2.45, 2.75) is 6.92 Å². The van der Waals surface area contributed by atoms with Gasteiger partial charge in [0.05, 0.1) is 22.8 Å². The summed E-state index contributed by atoms with van der Waals surface area (Å²) in [4.78, 5) is 22.8. The minimum absolute atomic E-state index is 0.0847. The van der Waals surface area contributed by atoms with Crippen LogP contribution in [0.15, 0.2) is 18.2 Å². The first-order chi connectivity index (χ1) is 8.06.